The van der Waals surface area contributed by atoms with E-state index in [1.54, 1.807) is 30.5 Å². The highest BCUT2D eigenvalue weighted by molar-refractivity contribution is 5.96. The van der Waals surface area contributed by atoms with Crippen LogP contribution in [0.2, 0.25) is 0 Å². The molecule has 1 aliphatic rings. The van der Waals surface area contributed by atoms with Crippen LogP contribution in [0.3, 0.4) is 0 Å². The summed E-state index contributed by atoms with van der Waals surface area (Å²) < 4.78 is 45.6. The van der Waals surface area contributed by atoms with Gasteiger partial charge in [-0.15, -0.1) is 5.10 Å². The van der Waals surface area contributed by atoms with E-state index in [0.717, 1.165) is 24.0 Å². The zero-order valence-corrected chi connectivity index (χ0v) is 19.5. The molecule has 4 aromatic rings. The quantitative estimate of drug-likeness (QED) is 0.325. The third-order valence-electron chi connectivity index (χ3n) is 5.81. The second kappa shape index (κ2) is 9.52. The first kappa shape index (κ1) is 23.7. The van der Waals surface area contributed by atoms with Gasteiger partial charge in [0, 0.05) is 29.8 Å². The van der Waals surface area contributed by atoms with Gasteiger partial charge in [0.2, 0.25) is 5.88 Å². The number of aryl methyl sites for hydroxylation is 1. The van der Waals surface area contributed by atoms with E-state index in [-0.39, 0.29) is 24.4 Å². The number of para-hydroxylation sites is 1. The summed E-state index contributed by atoms with van der Waals surface area (Å²) in [6.07, 6.45) is -1.67. The van der Waals surface area contributed by atoms with Crippen molar-refractivity contribution in [3.05, 3.63) is 71.9 Å². The maximum Gasteiger partial charge on any atom is 0.390 e. The molecule has 0 spiro atoms. The zero-order chi connectivity index (χ0) is 25.3. The first-order valence-electron chi connectivity index (χ1n) is 11.6. The number of halogens is 3. The van der Waals surface area contributed by atoms with Gasteiger partial charge in [0.05, 0.1) is 24.0 Å². The molecule has 0 atom stereocenters. The number of hydrogen-bond acceptors (Lipinski definition) is 5. The molecule has 2 N–H and O–H groups in total. The van der Waals surface area contributed by atoms with Crippen LogP contribution in [0.25, 0.3) is 16.9 Å². The normalized spacial score (nSPS) is 13.6. The molecule has 1 aliphatic carbocycles. The SMILES string of the molecule is Cc1cc(-c2cnc3c(NCCC(F)(F)F)cc(Oc4ccccc4)nn23)ccc1C(=O)NC1CC1. The molecule has 2 aromatic heterocycles. The van der Waals surface area contributed by atoms with Crippen LogP contribution in [0.5, 0.6) is 11.6 Å². The molecule has 2 aromatic carbocycles. The van der Waals surface area contributed by atoms with E-state index in [0.29, 0.717) is 28.3 Å². The molecule has 7 nitrogen and oxygen atoms in total. The number of alkyl halides is 3. The Bertz CT molecular complexity index is 1400. The number of nitrogens with one attached hydrogen (secondary N) is 2. The monoisotopic (exact) mass is 495 g/mol. The number of benzene rings is 2. The van der Waals surface area contributed by atoms with Crippen molar-refractivity contribution in [3.8, 4) is 22.9 Å². The smallest absolute Gasteiger partial charge is 0.390 e. The van der Waals surface area contributed by atoms with Crippen molar-refractivity contribution in [3.63, 3.8) is 0 Å². The Morgan fingerprint density at radius 2 is 1.92 bits per heavy atom. The molecule has 0 radical (unpaired) electrons. The molecular formula is C26H24F3N5O2. The number of nitrogens with zero attached hydrogens (tertiary/aromatic N) is 3. The Morgan fingerprint density at radius 1 is 1.14 bits per heavy atom. The predicted molar refractivity (Wildman–Crippen MR) is 129 cm³/mol. The summed E-state index contributed by atoms with van der Waals surface area (Å²) in [5.41, 5.74) is 3.48. The minimum atomic E-state index is -4.29. The number of fused-ring (bicyclic) bond motifs is 1. The van der Waals surface area contributed by atoms with Crippen LogP contribution in [-0.2, 0) is 0 Å². The lowest BCUT2D eigenvalue weighted by Crippen LogP contribution is -2.26. The van der Waals surface area contributed by atoms with Gasteiger partial charge >= 0.3 is 6.18 Å². The minimum absolute atomic E-state index is 0.104. The van der Waals surface area contributed by atoms with Gasteiger partial charge in [-0.2, -0.15) is 13.2 Å². The molecule has 10 heteroatoms. The number of carbonyl (C=O) groups excluding carboxylic acids is 1. The fraction of sp³-hybridized carbons (Fsp3) is 0.269. The lowest BCUT2D eigenvalue weighted by atomic mass is 10.0. The molecule has 186 valence electrons. The number of carbonyl (C=O) groups is 1. The van der Waals surface area contributed by atoms with Crippen molar-refractivity contribution in [1.29, 1.82) is 0 Å². The van der Waals surface area contributed by atoms with E-state index >= 15 is 0 Å². The first-order valence-corrected chi connectivity index (χ1v) is 11.6. The summed E-state index contributed by atoms with van der Waals surface area (Å²) in [6, 6.07) is 16.2. The topological polar surface area (TPSA) is 80.6 Å². The van der Waals surface area contributed by atoms with Crippen LogP contribution in [-0.4, -0.2) is 39.3 Å². The van der Waals surface area contributed by atoms with Crippen LogP contribution in [0.15, 0.2) is 60.8 Å². The van der Waals surface area contributed by atoms with Crippen LogP contribution < -0.4 is 15.4 Å². The maximum absolute atomic E-state index is 12.7. The fourth-order valence-corrected chi connectivity index (χ4v) is 3.84. The summed E-state index contributed by atoms with van der Waals surface area (Å²) in [7, 11) is 0. The van der Waals surface area contributed by atoms with Crippen LogP contribution in [0.4, 0.5) is 18.9 Å². The lowest BCUT2D eigenvalue weighted by molar-refractivity contribution is -0.131. The van der Waals surface area contributed by atoms with Crippen molar-refractivity contribution < 1.29 is 22.7 Å². The maximum atomic E-state index is 12.7. The molecular weight excluding hydrogens is 471 g/mol. The number of hydrogen-bond donors (Lipinski definition) is 2. The van der Waals surface area contributed by atoms with Gasteiger partial charge in [0.25, 0.3) is 5.91 Å². The fourth-order valence-electron chi connectivity index (χ4n) is 3.84. The van der Waals surface area contributed by atoms with Crippen LogP contribution in [0.1, 0.15) is 35.2 Å². The predicted octanol–water partition coefficient (Wildman–Crippen LogP) is 5.75. The molecule has 0 aliphatic heterocycles. The van der Waals surface area contributed by atoms with Crippen molar-refractivity contribution in [2.45, 2.75) is 38.4 Å². The summed E-state index contributed by atoms with van der Waals surface area (Å²) in [4.78, 5) is 16.9. The summed E-state index contributed by atoms with van der Waals surface area (Å²) in [5.74, 6) is 0.626. The van der Waals surface area contributed by atoms with Gasteiger partial charge in [-0.25, -0.2) is 9.50 Å². The highest BCUT2D eigenvalue weighted by Gasteiger charge is 2.27. The molecule has 0 bridgehead atoms. The van der Waals surface area contributed by atoms with Crippen LogP contribution in [0, 0.1) is 6.92 Å². The van der Waals surface area contributed by atoms with Crippen molar-refractivity contribution in [2.75, 3.05) is 11.9 Å². The van der Waals surface area contributed by atoms with E-state index in [1.807, 2.05) is 31.2 Å². The van der Waals surface area contributed by atoms with E-state index in [9.17, 15) is 18.0 Å². The Morgan fingerprint density at radius 3 is 2.61 bits per heavy atom. The van der Waals surface area contributed by atoms with E-state index in [2.05, 4.69) is 20.7 Å². The van der Waals surface area contributed by atoms with Gasteiger partial charge in [0.1, 0.15) is 5.75 Å². The zero-order valence-electron chi connectivity index (χ0n) is 19.5. The van der Waals surface area contributed by atoms with Crippen LogP contribution >= 0.6 is 0 Å². The number of anilines is 1. The second-order valence-corrected chi connectivity index (χ2v) is 8.76. The van der Waals surface area contributed by atoms with Gasteiger partial charge in [-0.3, -0.25) is 4.79 Å². The highest BCUT2D eigenvalue weighted by Crippen LogP contribution is 2.30. The molecule has 36 heavy (non-hydrogen) atoms. The molecule has 0 unspecified atom stereocenters. The Kier molecular flexibility index (Phi) is 6.26. The van der Waals surface area contributed by atoms with Gasteiger partial charge in [0.15, 0.2) is 5.65 Å². The molecule has 0 saturated heterocycles. The number of rotatable bonds is 8. The average molecular weight is 496 g/mol. The van der Waals surface area contributed by atoms with E-state index in [1.165, 1.54) is 10.6 Å². The molecule has 5 rings (SSSR count). The molecule has 2 heterocycles. The van der Waals surface area contributed by atoms with Crippen molar-refractivity contribution in [1.82, 2.24) is 19.9 Å². The first-order chi connectivity index (χ1) is 17.3. The Hall–Kier alpha value is -4.08. The average Bonchev–Trinajstić information content (AvgIpc) is 3.54. The second-order valence-electron chi connectivity index (χ2n) is 8.76. The largest absolute Gasteiger partial charge is 0.438 e. The summed E-state index contributed by atoms with van der Waals surface area (Å²) >= 11 is 0. The molecule has 1 amide bonds. The van der Waals surface area contributed by atoms with Crippen molar-refractivity contribution in [2.24, 2.45) is 0 Å². The lowest BCUT2D eigenvalue weighted by Gasteiger charge is -2.13. The number of aromatic nitrogens is 3. The molecule has 1 saturated carbocycles. The number of amides is 1. The van der Waals surface area contributed by atoms with Gasteiger partial charge in [-0.1, -0.05) is 24.3 Å². The standard InChI is InChI=1S/C26H24F3N5O2/c1-16-13-17(7-10-20(16)25(35)32-18-8-9-18)22-15-31-24-21(30-12-11-26(27,28)29)14-23(33-34(22)24)36-19-5-3-2-4-6-19/h2-7,10,13-15,18,30H,8-9,11-12H2,1H3,(H,32,35). The number of ether oxygens (including phenoxy) is 1. The third-order valence-corrected chi connectivity index (χ3v) is 5.81. The van der Waals surface area contributed by atoms with Gasteiger partial charge < -0.3 is 15.4 Å². The van der Waals surface area contributed by atoms with E-state index in [4.69, 9.17) is 4.74 Å². The highest BCUT2D eigenvalue weighted by atomic mass is 19.4. The summed E-state index contributed by atoms with van der Waals surface area (Å²) in [5, 5.41) is 10.4. The Labute approximate surface area is 205 Å². The Balaban J connectivity index is 1.50. The summed E-state index contributed by atoms with van der Waals surface area (Å²) in [6.45, 7) is 1.54. The third kappa shape index (κ3) is 5.42. The molecule has 1 fully saturated rings. The van der Waals surface area contributed by atoms with Gasteiger partial charge in [-0.05, 0) is 49.6 Å². The van der Waals surface area contributed by atoms with E-state index < -0.39 is 12.6 Å². The minimum Gasteiger partial charge on any atom is -0.438 e. The number of imidazole rings is 1. The van der Waals surface area contributed by atoms with Crippen molar-refractivity contribution >= 4 is 17.2 Å².